The summed E-state index contributed by atoms with van der Waals surface area (Å²) in [5, 5.41) is 9.16. The lowest BCUT2D eigenvalue weighted by Crippen LogP contribution is -2.49. The monoisotopic (exact) mass is 517 g/mol. The Bertz CT molecular complexity index is 1320. The molecule has 0 unspecified atom stereocenters. The summed E-state index contributed by atoms with van der Waals surface area (Å²) in [6.45, 7) is 11.4. The van der Waals surface area contributed by atoms with Gasteiger partial charge in [-0.25, -0.2) is 15.2 Å². The third-order valence-corrected chi connectivity index (χ3v) is 11.3. The van der Waals surface area contributed by atoms with Crippen LogP contribution in [0.25, 0.3) is 5.57 Å². The number of thiazole rings is 1. The van der Waals surface area contributed by atoms with Crippen LogP contribution in [0.3, 0.4) is 0 Å². The van der Waals surface area contributed by atoms with E-state index in [4.69, 9.17) is 10.7 Å². The average Bonchev–Trinajstić information content (AvgIpc) is 3.39. The molecule has 0 spiro atoms. The number of allylic oxidation sites excluding steroid dienone is 2. The summed E-state index contributed by atoms with van der Waals surface area (Å²) in [4.78, 5) is 17.8. The lowest BCUT2D eigenvalue weighted by Gasteiger charge is -2.56. The second kappa shape index (κ2) is 8.69. The van der Waals surface area contributed by atoms with Gasteiger partial charge in [-0.15, -0.1) is 0 Å². The van der Waals surface area contributed by atoms with Crippen molar-refractivity contribution in [2.24, 2.45) is 39.4 Å². The summed E-state index contributed by atoms with van der Waals surface area (Å²) < 4.78 is 0. The molecule has 1 aromatic carbocycles. The summed E-state index contributed by atoms with van der Waals surface area (Å²) in [7, 11) is 0. The van der Waals surface area contributed by atoms with Gasteiger partial charge in [-0.2, -0.15) is 5.10 Å². The highest BCUT2D eigenvalue weighted by Gasteiger charge is 2.58. The third kappa shape index (κ3) is 3.84. The number of hydrogen-bond acceptors (Lipinski definition) is 5. The molecule has 4 aliphatic carbocycles. The van der Waals surface area contributed by atoms with Crippen LogP contribution >= 0.6 is 11.3 Å². The van der Waals surface area contributed by atoms with Gasteiger partial charge in [0.05, 0.1) is 10.6 Å². The number of nitrogens with two attached hydrogens (primary N) is 1. The Kier molecular flexibility index (Phi) is 5.79. The molecular weight excluding hydrogens is 478 g/mol. The van der Waals surface area contributed by atoms with Gasteiger partial charge in [-0.3, -0.25) is 0 Å². The highest BCUT2D eigenvalue weighted by Crippen LogP contribution is 2.65. The van der Waals surface area contributed by atoms with E-state index in [0.29, 0.717) is 17.8 Å². The average molecular weight is 518 g/mol. The molecule has 4 aliphatic rings. The number of hydrazone groups is 1. The Balaban J connectivity index is 1.29. The summed E-state index contributed by atoms with van der Waals surface area (Å²) in [6.07, 6.45) is 10.4. The largest absolute Gasteiger partial charge is 0.350 e. The number of carbonyl (C=O) groups excluding carboxylic acids is 1. The standard InChI is InChI=1S/C30H39N5OS/c1-16-14-17(2)25(18(3)15-16)33-28-32-23-11-13-29(4)21-10-12-30(5)20(8-9-24(30)34-35-27(31)36)19(21)6-7-22(29)26(23)37-28/h7,14-15,19-21H,6,8-13H2,1-5H3,(H,32,33)(H3,31,35,36)/b34-24+/t19-,20-,21-,29+,30-/m0/s1. The van der Waals surface area contributed by atoms with Crippen molar-refractivity contribution in [1.82, 2.24) is 10.4 Å². The van der Waals surface area contributed by atoms with E-state index in [1.807, 2.05) is 11.3 Å². The first-order chi connectivity index (χ1) is 17.6. The van der Waals surface area contributed by atoms with E-state index >= 15 is 0 Å². The Labute approximate surface area is 224 Å². The fourth-order valence-electron chi connectivity index (χ4n) is 8.51. The van der Waals surface area contributed by atoms with Gasteiger partial charge in [0.2, 0.25) is 0 Å². The molecule has 0 radical (unpaired) electrons. The zero-order valence-corrected chi connectivity index (χ0v) is 23.5. The van der Waals surface area contributed by atoms with Crippen LogP contribution in [0.4, 0.5) is 15.6 Å². The molecule has 2 amide bonds. The zero-order valence-electron chi connectivity index (χ0n) is 22.7. The van der Waals surface area contributed by atoms with E-state index < -0.39 is 6.03 Å². The SMILES string of the molecule is Cc1cc(C)c(Nc2nc3c(s2)C2=CC[C@@H]4[C@H](CC[C@]5(C)/C(=N/NC(N)=O)CC[C@@H]45)[C@@]2(C)CC3)c(C)c1. The molecular formula is C30H39N5OS. The van der Waals surface area contributed by atoms with Crippen LogP contribution in [0.15, 0.2) is 23.3 Å². The van der Waals surface area contributed by atoms with Crippen molar-refractivity contribution in [1.29, 1.82) is 0 Å². The number of primary amides is 1. The number of nitrogens with one attached hydrogen (secondary N) is 2. The molecule has 0 aliphatic heterocycles. The van der Waals surface area contributed by atoms with Crippen molar-refractivity contribution in [3.8, 4) is 0 Å². The highest BCUT2D eigenvalue weighted by atomic mass is 32.1. The van der Waals surface area contributed by atoms with Gasteiger partial charge >= 0.3 is 6.03 Å². The van der Waals surface area contributed by atoms with Crippen molar-refractivity contribution in [3.05, 3.63) is 45.5 Å². The molecule has 0 bridgehead atoms. The number of urea groups is 1. The number of aryl methyl sites for hydroxylation is 4. The number of benzene rings is 1. The summed E-state index contributed by atoms with van der Waals surface area (Å²) in [5.41, 5.74) is 17.1. The van der Waals surface area contributed by atoms with Crippen LogP contribution in [0, 0.1) is 49.4 Å². The van der Waals surface area contributed by atoms with E-state index in [9.17, 15) is 4.79 Å². The Morgan fingerprint density at radius 2 is 1.81 bits per heavy atom. The first-order valence-corrected chi connectivity index (χ1v) is 14.6. The smallest absolute Gasteiger partial charge is 0.332 e. The van der Waals surface area contributed by atoms with Crippen molar-refractivity contribution >= 4 is 39.5 Å². The topological polar surface area (TPSA) is 92.4 Å². The molecule has 2 saturated carbocycles. The van der Waals surface area contributed by atoms with E-state index in [1.165, 1.54) is 45.8 Å². The van der Waals surface area contributed by atoms with Crippen LogP contribution in [-0.4, -0.2) is 16.7 Å². The Hall–Kier alpha value is -2.67. The molecule has 1 heterocycles. The zero-order chi connectivity index (χ0) is 26.1. The lowest BCUT2D eigenvalue weighted by atomic mass is 9.48. The number of anilines is 2. The third-order valence-electron chi connectivity index (χ3n) is 10.2. The van der Waals surface area contributed by atoms with Gasteiger partial charge in [0, 0.05) is 16.8 Å². The van der Waals surface area contributed by atoms with Crippen LogP contribution < -0.4 is 16.5 Å². The van der Waals surface area contributed by atoms with Crippen LogP contribution in [0.2, 0.25) is 0 Å². The molecule has 4 N–H and O–H groups in total. The molecule has 0 saturated heterocycles. The van der Waals surface area contributed by atoms with Gasteiger partial charge < -0.3 is 11.1 Å². The van der Waals surface area contributed by atoms with Crippen LogP contribution in [-0.2, 0) is 6.42 Å². The van der Waals surface area contributed by atoms with Crippen LogP contribution in [0.1, 0.15) is 79.6 Å². The summed E-state index contributed by atoms with van der Waals surface area (Å²) >= 11 is 1.84. The Morgan fingerprint density at radius 3 is 2.54 bits per heavy atom. The molecule has 6 rings (SSSR count). The molecule has 6 nitrogen and oxygen atoms in total. The van der Waals surface area contributed by atoms with Gasteiger partial charge in [0.1, 0.15) is 0 Å². The second-order valence-electron chi connectivity index (χ2n) is 12.4. The second-order valence-corrected chi connectivity index (χ2v) is 13.4. The Morgan fingerprint density at radius 1 is 1.08 bits per heavy atom. The quantitative estimate of drug-likeness (QED) is 0.382. The maximum atomic E-state index is 11.3. The van der Waals surface area contributed by atoms with E-state index in [0.717, 1.165) is 42.9 Å². The number of nitrogens with zero attached hydrogens (tertiary/aromatic N) is 2. The number of fused-ring (bicyclic) bond motifs is 7. The summed E-state index contributed by atoms with van der Waals surface area (Å²) in [5.74, 6) is 1.96. The normalized spacial score (nSPS) is 33.2. The predicted octanol–water partition coefficient (Wildman–Crippen LogP) is 7.02. The molecule has 196 valence electrons. The molecule has 7 heteroatoms. The number of carbonyl (C=O) groups is 1. The minimum Gasteiger partial charge on any atom is -0.350 e. The molecule has 2 fully saturated rings. The van der Waals surface area contributed by atoms with Crippen molar-refractivity contribution in [2.45, 2.75) is 79.6 Å². The van der Waals surface area contributed by atoms with Gasteiger partial charge in [0.15, 0.2) is 5.13 Å². The molecule has 5 atom stereocenters. The van der Waals surface area contributed by atoms with E-state index in [2.05, 4.69) is 68.7 Å². The first kappa shape index (κ1) is 24.7. The fourth-order valence-corrected chi connectivity index (χ4v) is 9.70. The number of amides is 2. The lowest BCUT2D eigenvalue weighted by molar-refractivity contribution is 0.0116. The van der Waals surface area contributed by atoms with Crippen molar-refractivity contribution < 1.29 is 4.79 Å². The molecule has 37 heavy (non-hydrogen) atoms. The van der Waals surface area contributed by atoms with E-state index in [-0.39, 0.29) is 10.8 Å². The fraction of sp³-hybridized carbons (Fsp3) is 0.567. The summed E-state index contributed by atoms with van der Waals surface area (Å²) in [6, 6.07) is 3.91. The van der Waals surface area contributed by atoms with Gasteiger partial charge in [-0.1, -0.05) is 49.0 Å². The number of rotatable bonds is 3. The molecule has 2 aromatic rings. The maximum Gasteiger partial charge on any atom is 0.332 e. The van der Waals surface area contributed by atoms with Gasteiger partial charge in [-0.05, 0) is 106 Å². The van der Waals surface area contributed by atoms with Crippen LogP contribution in [0.5, 0.6) is 0 Å². The first-order valence-electron chi connectivity index (χ1n) is 13.8. The van der Waals surface area contributed by atoms with E-state index in [1.54, 1.807) is 5.57 Å². The highest BCUT2D eigenvalue weighted by molar-refractivity contribution is 7.16. The van der Waals surface area contributed by atoms with Crippen molar-refractivity contribution in [2.75, 3.05) is 5.32 Å². The van der Waals surface area contributed by atoms with Crippen molar-refractivity contribution in [3.63, 3.8) is 0 Å². The maximum absolute atomic E-state index is 11.3. The molecule has 1 aromatic heterocycles. The number of aromatic nitrogens is 1. The minimum absolute atomic E-state index is 0.0660. The predicted molar refractivity (Wildman–Crippen MR) is 152 cm³/mol. The minimum atomic E-state index is -0.574. The number of hydrogen-bond donors (Lipinski definition) is 3. The van der Waals surface area contributed by atoms with Gasteiger partial charge in [0.25, 0.3) is 0 Å².